The Bertz CT molecular complexity index is 398. The number of carbonyl (C=O) groups excluding carboxylic acids is 1. The van der Waals surface area contributed by atoms with Crippen molar-refractivity contribution in [3.05, 3.63) is 0 Å². The second kappa shape index (κ2) is 9.41. The molecule has 0 aliphatic rings. The van der Waals surface area contributed by atoms with Crippen molar-refractivity contribution in [2.75, 3.05) is 18.1 Å². The van der Waals surface area contributed by atoms with Crippen molar-refractivity contribution in [3.63, 3.8) is 0 Å². The molecule has 1 atom stereocenters. The average Bonchev–Trinajstić information content (AvgIpc) is 2.29. The van der Waals surface area contributed by atoms with E-state index in [9.17, 15) is 13.2 Å². The van der Waals surface area contributed by atoms with Crippen LogP contribution in [0.2, 0.25) is 0 Å². The van der Waals surface area contributed by atoms with Gasteiger partial charge in [-0.15, -0.1) is 0 Å². The topological polar surface area (TPSA) is 72.5 Å². The van der Waals surface area contributed by atoms with E-state index in [4.69, 9.17) is 4.74 Å². The largest absolute Gasteiger partial charge is 0.459 e. The molecular formula is C15H31NO4S. The lowest BCUT2D eigenvalue weighted by Gasteiger charge is -2.19. The molecule has 5 nitrogen and oxygen atoms in total. The van der Waals surface area contributed by atoms with E-state index in [0.717, 1.165) is 25.8 Å². The van der Waals surface area contributed by atoms with Crippen LogP contribution in [0.25, 0.3) is 0 Å². The first kappa shape index (κ1) is 20.4. The normalized spacial score (nSPS) is 14.0. The maximum Gasteiger partial charge on any atom is 0.321 e. The second-order valence-electron chi connectivity index (χ2n) is 6.38. The number of rotatable bonds is 10. The molecule has 0 saturated carbocycles. The molecular weight excluding hydrogens is 290 g/mol. The summed E-state index contributed by atoms with van der Waals surface area (Å²) in [6.45, 7) is 10.3. The van der Waals surface area contributed by atoms with Crippen molar-refractivity contribution in [2.45, 2.75) is 71.9 Å². The molecule has 0 amide bonds. The lowest BCUT2D eigenvalue weighted by molar-refractivity contribution is -0.151. The minimum absolute atomic E-state index is 0.0382. The van der Waals surface area contributed by atoms with Gasteiger partial charge in [0.05, 0.1) is 5.75 Å². The van der Waals surface area contributed by atoms with Crippen molar-refractivity contribution >= 4 is 15.8 Å². The molecule has 1 N–H and O–H groups in total. The van der Waals surface area contributed by atoms with E-state index in [2.05, 4.69) is 19.2 Å². The summed E-state index contributed by atoms with van der Waals surface area (Å²) < 4.78 is 28.8. The molecule has 0 fully saturated rings. The minimum Gasteiger partial charge on any atom is -0.459 e. The van der Waals surface area contributed by atoms with Crippen LogP contribution in [-0.2, 0) is 19.4 Å². The lowest BCUT2D eigenvalue weighted by Crippen LogP contribution is -2.31. The number of hydrogen-bond donors (Lipinski definition) is 1. The highest BCUT2D eigenvalue weighted by Crippen LogP contribution is 2.09. The zero-order valence-corrected chi connectivity index (χ0v) is 14.9. The first-order valence-corrected chi connectivity index (χ1v) is 9.57. The number of nitrogens with one attached hydrogen (secondary N) is 1. The Morgan fingerprint density at radius 3 is 2.33 bits per heavy atom. The van der Waals surface area contributed by atoms with Gasteiger partial charge in [-0.05, 0) is 53.0 Å². The summed E-state index contributed by atoms with van der Waals surface area (Å²) in [6, 6.07) is 0.349. The predicted molar refractivity (Wildman–Crippen MR) is 86.1 cm³/mol. The molecule has 0 radical (unpaired) electrons. The maximum atomic E-state index is 11.9. The standard InChI is InChI=1S/C15H31NO4S/c1-6-10-16-13(7-2)9-8-11-21(18,19)12-14(17)20-15(3,4)5/h13,16H,6-12H2,1-5H3. The molecule has 0 saturated heterocycles. The summed E-state index contributed by atoms with van der Waals surface area (Å²) in [5.41, 5.74) is -0.649. The number of carbonyl (C=O) groups is 1. The maximum absolute atomic E-state index is 11.9. The summed E-state index contributed by atoms with van der Waals surface area (Å²) in [5.74, 6) is -1.15. The van der Waals surface area contributed by atoms with Gasteiger partial charge < -0.3 is 10.1 Å². The lowest BCUT2D eigenvalue weighted by atomic mass is 10.1. The van der Waals surface area contributed by atoms with Crippen LogP contribution >= 0.6 is 0 Å². The van der Waals surface area contributed by atoms with Gasteiger partial charge in [-0.1, -0.05) is 13.8 Å². The highest BCUT2D eigenvalue weighted by Gasteiger charge is 2.22. The number of sulfone groups is 1. The van der Waals surface area contributed by atoms with E-state index in [-0.39, 0.29) is 5.75 Å². The van der Waals surface area contributed by atoms with Gasteiger partial charge >= 0.3 is 5.97 Å². The van der Waals surface area contributed by atoms with Crippen LogP contribution in [0.4, 0.5) is 0 Å². The average molecular weight is 321 g/mol. The Balaban J connectivity index is 4.15. The predicted octanol–water partition coefficient (Wildman–Crippen LogP) is 2.30. The molecule has 6 heteroatoms. The number of ether oxygens (including phenoxy) is 1. The van der Waals surface area contributed by atoms with Gasteiger partial charge in [-0.25, -0.2) is 8.42 Å². The minimum atomic E-state index is -3.38. The molecule has 0 aromatic heterocycles. The third kappa shape index (κ3) is 11.7. The third-order valence-corrected chi connectivity index (χ3v) is 4.53. The van der Waals surface area contributed by atoms with Gasteiger partial charge in [0.25, 0.3) is 0 Å². The SMILES string of the molecule is CCCNC(CC)CCCS(=O)(=O)CC(=O)OC(C)(C)C. The number of esters is 1. The molecule has 126 valence electrons. The molecule has 0 spiro atoms. The summed E-state index contributed by atoms with van der Waals surface area (Å²) in [4.78, 5) is 11.6. The van der Waals surface area contributed by atoms with Crippen LogP contribution in [0.1, 0.15) is 60.3 Å². The van der Waals surface area contributed by atoms with Crippen molar-refractivity contribution in [1.29, 1.82) is 0 Å². The van der Waals surface area contributed by atoms with Gasteiger partial charge in [0.2, 0.25) is 0 Å². The molecule has 21 heavy (non-hydrogen) atoms. The zero-order valence-electron chi connectivity index (χ0n) is 14.1. The van der Waals surface area contributed by atoms with Crippen molar-refractivity contribution in [2.24, 2.45) is 0 Å². The van der Waals surface area contributed by atoms with Crippen LogP contribution in [-0.4, -0.2) is 44.1 Å². The van der Waals surface area contributed by atoms with Gasteiger partial charge in [0.15, 0.2) is 9.84 Å². The van der Waals surface area contributed by atoms with Gasteiger partial charge in [-0.3, -0.25) is 4.79 Å². The summed E-state index contributed by atoms with van der Waals surface area (Å²) in [5, 5.41) is 3.39. The van der Waals surface area contributed by atoms with E-state index in [0.29, 0.717) is 12.5 Å². The van der Waals surface area contributed by atoms with E-state index in [1.165, 1.54) is 0 Å². The molecule has 1 unspecified atom stereocenters. The van der Waals surface area contributed by atoms with Crippen molar-refractivity contribution in [1.82, 2.24) is 5.32 Å². The fourth-order valence-corrected chi connectivity index (χ4v) is 3.14. The fraction of sp³-hybridized carbons (Fsp3) is 0.933. The Labute approximate surface area is 129 Å². The summed E-state index contributed by atoms with van der Waals surface area (Å²) in [6.07, 6.45) is 3.42. The van der Waals surface area contributed by atoms with Crippen LogP contribution in [0.15, 0.2) is 0 Å². The molecule has 0 aromatic rings. The van der Waals surface area contributed by atoms with Crippen LogP contribution in [0, 0.1) is 0 Å². The fourth-order valence-electron chi connectivity index (χ4n) is 1.97. The zero-order chi connectivity index (χ0) is 16.5. The smallest absolute Gasteiger partial charge is 0.321 e. The van der Waals surface area contributed by atoms with Gasteiger partial charge in [0, 0.05) is 6.04 Å². The Hall–Kier alpha value is -0.620. The first-order valence-electron chi connectivity index (χ1n) is 7.75. The molecule has 0 bridgehead atoms. The molecule has 0 rings (SSSR count). The Morgan fingerprint density at radius 1 is 1.24 bits per heavy atom. The van der Waals surface area contributed by atoms with Crippen LogP contribution < -0.4 is 5.32 Å². The molecule has 0 aliphatic carbocycles. The molecule has 0 aromatic carbocycles. The summed E-state index contributed by atoms with van der Waals surface area (Å²) >= 11 is 0. The van der Waals surface area contributed by atoms with Crippen LogP contribution in [0.5, 0.6) is 0 Å². The van der Waals surface area contributed by atoms with Crippen molar-refractivity contribution in [3.8, 4) is 0 Å². The quantitative estimate of drug-likeness (QED) is 0.625. The van der Waals surface area contributed by atoms with Crippen LogP contribution in [0.3, 0.4) is 0 Å². The van der Waals surface area contributed by atoms with E-state index in [1.54, 1.807) is 20.8 Å². The highest BCUT2D eigenvalue weighted by molar-refractivity contribution is 7.92. The third-order valence-electron chi connectivity index (χ3n) is 2.94. The number of hydrogen-bond acceptors (Lipinski definition) is 5. The second-order valence-corrected chi connectivity index (χ2v) is 8.56. The van der Waals surface area contributed by atoms with Gasteiger partial charge in [-0.2, -0.15) is 0 Å². The Kier molecular flexibility index (Phi) is 9.13. The van der Waals surface area contributed by atoms with E-state index in [1.807, 2.05) is 0 Å². The first-order chi connectivity index (χ1) is 9.59. The van der Waals surface area contributed by atoms with Gasteiger partial charge in [0.1, 0.15) is 11.4 Å². The Morgan fingerprint density at radius 2 is 1.86 bits per heavy atom. The monoisotopic (exact) mass is 321 g/mol. The molecule has 0 heterocycles. The van der Waals surface area contributed by atoms with E-state index < -0.39 is 27.2 Å². The highest BCUT2D eigenvalue weighted by atomic mass is 32.2. The van der Waals surface area contributed by atoms with E-state index >= 15 is 0 Å². The summed E-state index contributed by atoms with van der Waals surface area (Å²) in [7, 11) is -3.38. The molecule has 0 aliphatic heterocycles. The van der Waals surface area contributed by atoms with Crippen molar-refractivity contribution < 1.29 is 17.9 Å².